The summed E-state index contributed by atoms with van der Waals surface area (Å²) in [5.74, 6) is -16.0. The van der Waals surface area contributed by atoms with Gasteiger partial charge in [-0.2, -0.15) is 12.6 Å². The summed E-state index contributed by atoms with van der Waals surface area (Å²) in [5.41, 5.74) is 6.56. The summed E-state index contributed by atoms with van der Waals surface area (Å²) in [6.45, 7) is 8.16. The molecule has 1 saturated heterocycles. The minimum Gasteiger partial charge on any atom is -0.481 e. The molecule has 0 unspecified atom stereocenters. The van der Waals surface area contributed by atoms with Crippen LogP contribution in [0, 0.1) is 23.7 Å². The molecule has 97 heavy (non-hydrogen) atoms. The number of benzene rings is 2. The zero-order valence-corrected chi connectivity index (χ0v) is 56.9. The lowest BCUT2D eigenvalue weighted by molar-refractivity contribution is -0.143. The highest BCUT2D eigenvalue weighted by Crippen LogP contribution is 2.32. The summed E-state index contributed by atoms with van der Waals surface area (Å²) in [7, 11) is 0. The van der Waals surface area contributed by atoms with Crippen LogP contribution in [0.15, 0.2) is 60.7 Å². The number of thiol groups is 1. The fourth-order valence-electron chi connectivity index (χ4n) is 12.9. The number of hydrogen-bond donors (Lipinski definition) is 14. The molecule has 2 aliphatic carbocycles. The lowest BCUT2D eigenvalue weighted by Gasteiger charge is -2.34. The lowest BCUT2D eigenvalue weighted by Crippen LogP contribution is -2.62. The number of hydrogen-bond acceptors (Lipinski definition) is 15. The highest BCUT2D eigenvalue weighted by Gasteiger charge is 2.43. The molecule has 534 valence electrons. The largest absolute Gasteiger partial charge is 0.481 e. The first-order valence-electron chi connectivity index (χ1n) is 33.8. The van der Waals surface area contributed by atoms with E-state index in [0.29, 0.717) is 17.5 Å². The Balaban J connectivity index is 1.43. The Morgan fingerprint density at radius 3 is 1.40 bits per heavy atom. The van der Waals surface area contributed by atoms with Crippen LogP contribution < -0.4 is 53.6 Å². The summed E-state index contributed by atoms with van der Waals surface area (Å²) in [5, 5.41) is 52.7. The smallest absolute Gasteiger partial charge is 0.305 e. The zero-order chi connectivity index (χ0) is 71.5. The van der Waals surface area contributed by atoms with Gasteiger partial charge in [-0.1, -0.05) is 159 Å². The number of carbonyl (C=O) groups excluding carboxylic acids is 11. The highest BCUT2D eigenvalue weighted by molar-refractivity contribution is 7.80. The molecular formula is C68H99N11O17S. The van der Waals surface area contributed by atoms with Crippen LogP contribution >= 0.6 is 12.6 Å². The molecular weight excluding hydrogens is 1270 g/mol. The first-order chi connectivity index (χ1) is 46.1. The Labute approximate surface area is 571 Å². The second-order valence-corrected chi connectivity index (χ2v) is 26.7. The van der Waals surface area contributed by atoms with Gasteiger partial charge in [-0.05, 0) is 73.3 Å². The van der Waals surface area contributed by atoms with Crippen molar-refractivity contribution in [1.29, 1.82) is 0 Å². The fraction of sp³-hybridized carbons (Fsp3) is 0.618. The van der Waals surface area contributed by atoms with Crippen molar-refractivity contribution < 1.29 is 82.4 Å². The zero-order valence-electron chi connectivity index (χ0n) is 56.0. The summed E-state index contributed by atoms with van der Waals surface area (Å²) >= 11 is 4.49. The highest BCUT2D eigenvalue weighted by atomic mass is 32.1. The third kappa shape index (κ3) is 25.4. The van der Waals surface area contributed by atoms with Crippen molar-refractivity contribution in [2.75, 3.05) is 12.3 Å². The number of amides is 11. The Bertz CT molecular complexity index is 3000. The number of carbonyl (C=O) groups is 14. The van der Waals surface area contributed by atoms with Crippen molar-refractivity contribution in [3.05, 3.63) is 71.8 Å². The monoisotopic (exact) mass is 1370 g/mol. The first-order valence-corrected chi connectivity index (χ1v) is 34.4. The molecule has 14 N–H and O–H groups in total. The molecule has 2 saturated carbocycles. The Hall–Kier alpha value is -8.63. The number of carboxylic acid groups (broad SMARTS) is 3. The van der Waals surface area contributed by atoms with Crippen molar-refractivity contribution in [3.8, 4) is 0 Å². The van der Waals surface area contributed by atoms with Crippen LogP contribution in [0.4, 0.5) is 0 Å². The minimum absolute atomic E-state index is 0.0338. The van der Waals surface area contributed by atoms with Gasteiger partial charge in [-0.3, -0.25) is 67.1 Å². The Kier molecular flexibility index (Phi) is 32.2. The van der Waals surface area contributed by atoms with Crippen LogP contribution in [0.5, 0.6) is 0 Å². The maximum atomic E-state index is 15.4. The van der Waals surface area contributed by atoms with Crippen molar-refractivity contribution in [2.45, 2.75) is 229 Å². The predicted molar refractivity (Wildman–Crippen MR) is 358 cm³/mol. The molecule has 0 radical (unpaired) electrons. The lowest BCUT2D eigenvalue weighted by atomic mass is 9.83. The third-order valence-electron chi connectivity index (χ3n) is 18.2. The van der Waals surface area contributed by atoms with Gasteiger partial charge in [0.25, 0.3) is 0 Å². The average Bonchev–Trinajstić information content (AvgIpc) is 1.42. The number of primary amides is 1. The molecule has 1 heterocycles. The molecule has 11 atom stereocenters. The van der Waals surface area contributed by atoms with E-state index in [9.17, 15) is 72.9 Å². The SMILES string of the molecule is CC[C@H](C)[C@H](NC(=O)[C@@H](NC(=O)[C@H](CCC(=O)O)NC(=O)[C@H](CC(=O)O)NC(C)=O)C(c1ccccc1)c1ccccc1)C(=O)N[C@@H](CC1CCCCC1)C(=O)N[C@@H](CS)C(=O)N1CCC[C@H]1C(=O)N[C@@H](CC1CCCCC1)C(=O)N[C@@H](CC(=O)O)C(=O)N[C@@H](CC(C)C)C(N)=O. The normalized spacial score (nSPS) is 18.1. The van der Waals surface area contributed by atoms with E-state index in [4.69, 9.17) is 5.73 Å². The van der Waals surface area contributed by atoms with Crippen LogP contribution in [-0.2, 0) is 67.1 Å². The van der Waals surface area contributed by atoms with Crippen LogP contribution in [0.25, 0.3) is 0 Å². The molecule has 0 bridgehead atoms. The van der Waals surface area contributed by atoms with Gasteiger partial charge in [0.1, 0.15) is 60.4 Å². The topological polar surface area (TPSA) is 437 Å². The van der Waals surface area contributed by atoms with E-state index in [2.05, 4.69) is 60.5 Å². The van der Waals surface area contributed by atoms with Crippen LogP contribution in [0.2, 0.25) is 0 Å². The van der Waals surface area contributed by atoms with E-state index in [1.807, 2.05) is 0 Å². The molecule has 0 aromatic heterocycles. The number of nitrogens with two attached hydrogens (primary N) is 1. The summed E-state index contributed by atoms with van der Waals surface area (Å²) in [4.78, 5) is 192. The summed E-state index contributed by atoms with van der Waals surface area (Å²) in [6.07, 6.45) is 6.44. The first kappa shape index (κ1) is 79.1. The van der Waals surface area contributed by atoms with Crippen molar-refractivity contribution >= 4 is 95.5 Å². The molecule has 2 aromatic carbocycles. The summed E-state index contributed by atoms with van der Waals surface area (Å²) in [6, 6.07) is 2.66. The van der Waals surface area contributed by atoms with Crippen LogP contribution in [-0.4, -0.2) is 176 Å². The maximum absolute atomic E-state index is 15.4. The Morgan fingerprint density at radius 1 is 0.505 bits per heavy atom. The second kappa shape index (κ2) is 39.6. The van der Waals surface area contributed by atoms with Gasteiger partial charge < -0.3 is 73.8 Å². The Morgan fingerprint density at radius 2 is 0.938 bits per heavy atom. The van der Waals surface area contributed by atoms with E-state index in [1.54, 1.807) is 88.4 Å². The number of rotatable bonds is 38. The van der Waals surface area contributed by atoms with Gasteiger partial charge >= 0.3 is 17.9 Å². The van der Waals surface area contributed by atoms with Gasteiger partial charge in [-0.15, -0.1) is 0 Å². The third-order valence-corrected chi connectivity index (χ3v) is 18.6. The van der Waals surface area contributed by atoms with E-state index < -0.39 is 181 Å². The van der Waals surface area contributed by atoms with Crippen LogP contribution in [0.3, 0.4) is 0 Å². The summed E-state index contributed by atoms with van der Waals surface area (Å²) < 4.78 is 0. The van der Waals surface area contributed by atoms with Gasteiger partial charge in [0.2, 0.25) is 65.0 Å². The van der Waals surface area contributed by atoms with Crippen molar-refractivity contribution in [3.63, 3.8) is 0 Å². The predicted octanol–water partition coefficient (Wildman–Crippen LogP) is 2.45. The molecule has 0 spiro atoms. The number of nitrogens with zero attached hydrogens (tertiary/aromatic N) is 1. The van der Waals surface area contributed by atoms with Gasteiger partial charge in [0, 0.05) is 31.6 Å². The molecule has 28 nitrogen and oxygen atoms in total. The minimum atomic E-state index is -1.72. The van der Waals surface area contributed by atoms with Gasteiger partial charge in [-0.25, -0.2) is 0 Å². The van der Waals surface area contributed by atoms with E-state index in [0.717, 1.165) is 71.1 Å². The van der Waals surface area contributed by atoms with E-state index in [-0.39, 0.29) is 62.2 Å². The standard InChI is InChI=1S/C68H99N11O17S/c1-6-39(4)57(77-67(95)58(56(43-24-15-9-16-25-43)44-26-17-10-18-27-44)78-60(88)45(29-30-53(81)82)71-63(91)49(35-54(83)84)70-40(5)80)66(94)75-48(34-42-22-13-8-14-23-42)62(90)76-51(37-97)68(96)79-31-19-28-52(79)65(93)74-47(33-41-20-11-7-12-21-41)61(89)73-50(36-55(85)86)64(92)72-46(59(69)87)32-38(2)3/h9-10,15-18,24-27,38-39,41-42,45-52,56-58,97H,6-8,11-14,19-23,28-37H2,1-5H3,(H2,69,87)(H,70,80)(H,71,91)(H,72,92)(H,73,89)(H,74,93)(H,75,94)(H,76,90)(H,77,95)(H,78,88)(H,81,82)(H,83,84)(H,85,86)/t39-,45-,46-,47-,48-,49-,50-,51-,52-,57-,58-/m0/s1. The van der Waals surface area contributed by atoms with Crippen molar-refractivity contribution in [2.24, 2.45) is 29.4 Å². The molecule has 1 aliphatic heterocycles. The quantitative estimate of drug-likeness (QED) is 0.0429. The van der Waals surface area contributed by atoms with Crippen molar-refractivity contribution in [1.82, 2.24) is 52.8 Å². The number of nitrogens with one attached hydrogen (secondary N) is 9. The fourth-order valence-corrected chi connectivity index (χ4v) is 13.2. The van der Waals surface area contributed by atoms with Gasteiger partial charge in [0.05, 0.1) is 12.8 Å². The molecule has 3 fully saturated rings. The maximum Gasteiger partial charge on any atom is 0.305 e. The average molecular weight is 1370 g/mol. The van der Waals surface area contributed by atoms with E-state index in [1.165, 1.54) is 4.90 Å². The van der Waals surface area contributed by atoms with E-state index >= 15 is 9.59 Å². The number of aliphatic carboxylic acids is 3. The second-order valence-electron chi connectivity index (χ2n) is 26.3. The molecule has 29 heteroatoms. The number of carboxylic acids is 3. The van der Waals surface area contributed by atoms with Gasteiger partial charge in [0.15, 0.2) is 0 Å². The molecule has 11 amide bonds. The molecule has 3 aliphatic rings. The molecule has 5 rings (SSSR count). The number of likely N-dealkylation sites (tertiary alicyclic amines) is 1. The molecule has 2 aromatic rings. The van der Waals surface area contributed by atoms with Crippen LogP contribution in [0.1, 0.15) is 180 Å².